The number of fused-ring (bicyclic) bond motifs is 1. The number of ether oxygens (including phenoxy) is 1. The lowest BCUT2D eigenvalue weighted by atomic mass is 9.98. The average molecular weight is 266 g/mol. The van der Waals surface area contributed by atoms with Gasteiger partial charge in [0.2, 0.25) is 0 Å². The van der Waals surface area contributed by atoms with E-state index in [1.54, 1.807) is 19.2 Å². The van der Waals surface area contributed by atoms with Crippen molar-refractivity contribution in [2.75, 3.05) is 7.11 Å². The van der Waals surface area contributed by atoms with Crippen LogP contribution in [0.3, 0.4) is 0 Å². The third kappa shape index (κ3) is 1.97. The molecule has 0 saturated carbocycles. The zero-order chi connectivity index (χ0) is 14.1. The molecule has 0 aliphatic rings. The predicted molar refractivity (Wildman–Crippen MR) is 77.4 cm³/mol. The van der Waals surface area contributed by atoms with Gasteiger partial charge in [-0.3, -0.25) is 4.79 Å². The summed E-state index contributed by atoms with van der Waals surface area (Å²) in [7, 11) is 1.61. The number of methoxy groups -OCH3 is 1. The van der Waals surface area contributed by atoms with Gasteiger partial charge in [0.05, 0.1) is 12.7 Å². The van der Waals surface area contributed by atoms with Crippen molar-refractivity contribution in [1.29, 1.82) is 0 Å². The number of furan rings is 1. The predicted octanol–water partition coefficient (Wildman–Crippen LogP) is 3.98. The lowest BCUT2D eigenvalue weighted by molar-refractivity contribution is 0.103. The molecule has 3 rings (SSSR count). The lowest BCUT2D eigenvalue weighted by Gasteiger charge is -2.06. The molecule has 0 amide bonds. The third-order valence-electron chi connectivity index (χ3n) is 3.40. The fourth-order valence-corrected chi connectivity index (χ4v) is 2.32. The molecular formula is C17H14O3. The van der Waals surface area contributed by atoms with Crippen molar-refractivity contribution in [2.45, 2.75) is 6.92 Å². The summed E-state index contributed by atoms with van der Waals surface area (Å²) in [6.07, 6.45) is 1.52. The minimum atomic E-state index is -0.0323. The molecule has 3 aromatic rings. The van der Waals surface area contributed by atoms with Crippen LogP contribution in [0.1, 0.15) is 21.5 Å². The number of benzene rings is 2. The summed E-state index contributed by atoms with van der Waals surface area (Å²) in [6.45, 7) is 1.90. The van der Waals surface area contributed by atoms with Crippen molar-refractivity contribution >= 4 is 16.8 Å². The van der Waals surface area contributed by atoms with E-state index < -0.39 is 0 Å². The Morgan fingerprint density at radius 1 is 1.10 bits per heavy atom. The maximum Gasteiger partial charge on any atom is 0.197 e. The van der Waals surface area contributed by atoms with Crippen molar-refractivity contribution in [3.05, 3.63) is 65.4 Å². The van der Waals surface area contributed by atoms with E-state index >= 15 is 0 Å². The SMILES string of the molecule is COc1ccc(C(=O)c2coc3ccccc23)c(C)c1. The van der Waals surface area contributed by atoms with Gasteiger partial charge in [-0.2, -0.15) is 0 Å². The summed E-state index contributed by atoms with van der Waals surface area (Å²) in [5.41, 5.74) is 2.87. The highest BCUT2D eigenvalue weighted by molar-refractivity contribution is 6.16. The topological polar surface area (TPSA) is 39.4 Å². The Kier molecular flexibility index (Phi) is 3.03. The largest absolute Gasteiger partial charge is 0.497 e. The fourth-order valence-electron chi connectivity index (χ4n) is 2.32. The van der Waals surface area contributed by atoms with Crippen molar-refractivity contribution in [3.63, 3.8) is 0 Å². The Balaban J connectivity index is 2.09. The summed E-state index contributed by atoms with van der Waals surface area (Å²) < 4.78 is 10.6. The van der Waals surface area contributed by atoms with E-state index in [-0.39, 0.29) is 5.78 Å². The molecule has 0 radical (unpaired) electrons. The van der Waals surface area contributed by atoms with Gasteiger partial charge >= 0.3 is 0 Å². The zero-order valence-electron chi connectivity index (χ0n) is 11.3. The summed E-state index contributed by atoms with van der Waals surface area (Å²) in [6, 6.07) is 13.0. The Morgan fingerprint density at radius 3 is 2.65 bits per heavy atom. The molecule has 3 heteroatoms. The number of ketones is 1. The number of carbonyl (C=O) groups is 1. The van der Waals surface area contributed by atoms with Gasteiger partial charge in [0.15, 0.2) is 5.78 Å². The van der Waals surface area contributed by atoms with E-state index in [1.807, 2.05) is 37.3 Å². The zero-order valence-corrected chi connectivity index (χ0v) is 11.3. The molecule has 0 N–H and O–H groups in total. The molecule has 1 aromatic heterocycles. The molecule has 0 spiro atoms. The van der Waals surface area contributed by atoms with E-state index in [4.69, 9.17) is 9.15 Å². The van der Waals surface area contributed by atoms with Gasteiger partial charge in [0, 0.05) is 10.9 Å². The first-order valence-electron chi connectivity index (χ1n) is 6.36. The van der Waals surface area contributed by atoms with Crippen LogP contribution in [0.4, 0.5) is 0 Å². The summed E-state index contributed by atoms with van der Waals surface area (Å²) in [5.74, 6) is 0.714. The molecule has 20 heavy (non-hydrogen) atoms. The van der Waals surface area contributed by atoms with E-state index in [9.17, 15) is 4.79 Å². The molecular weight excluding hydrogens is 252 g/mol. The quantitative estimate of drug-likeness (QED) is 0.673. The minimum Gasteiger partial charge on any atom is -0.497 e. The van der Waals surface area contributed by atoms with Gasteiger partial charge in [-0.25, -0.2) is 0 Å². The molecule has 100 valence electrons. The minimum absolute atomic E-state index is 0.0323. The number of rotatable bonds is 3. The number of para-hydroxylation sites is 1. The lowest BCUT2D eigenvalue weighted by Crippen LogP contribution is -2.03. The maximum atomic E-state index is 12.6. The van der Waals surface area contributed by atoms with Crippen molar-refractivity contribution in [3.8, 4) is 5.75 Å². The van der Waals surface area contributed by atoms with Crippen molar-refractivity contribution < 1.29 is 13.9 Å². The van der Waals surface area contributed by atoms with Gasteiger partial charge in [0.25, 0.3) is 0 Å². The van der Waals surface area contributed by atoms with E-state index in [1.165, 1.54) is 6.26 Å². The van der Waals surface area contributed by atoms with Crippen molar-refractivity contribution in [2.24, 2.45) is 0 Å². The summed E-state index contributed by atoms with van der Waals surface area (Å²) in [4.78, 5) is 12.6. The second-order valence-electron chi connectivity index (χ2n) is 4.66. The second kappa shape index (κ2) is 4.85. The maximum absolute atomic E-state index is 12.6. The average Bonchev–Trinajstić information content (AvgIpc) is 2.90. The molecule has 3 nitrogen and oxygen atoms in total. The molecule has 0 aliphatic carbocycles. The van der Waals surface area contributed by atoms with Gasteiger partial charge < -0.3 is 9.15 Å². The first-order valence-corrected chi connectivity index (χ1v) is 6.36. The van der Waals surface area contributed by atoms with Crippen LogP contribution in [-0.4, -0.2) is 12.9 Å². The number of hydrogen-bond acceptors (Lipinski definition) is 3. The Labute approximate surface area is 116 Å². The van der Waals surface area contributed by atoms with Gasteiger partial charge in [-0.05, 0) is 36.8 Å². The van der Waals surface area contributed by atoms with Gasteiger partial charge in [-0.15, -0.1) is 0 Å². The van der Waals surface area contributed by atoms with Gasteiger partial charge in [0.1, 0.15) is 17.6 Å². The Hall–Kier alpha value is -2.55. The van der Waals surface area contributed by atoms with Crippen LogP contribution in [0.15, 0.2) is 53.1 Å². The molecule has 0 bridgehead atoms. The molecule has 0 fully saturated rings. The third-order valence-corrected chi connectivity index (χ3v) is 3.40. The standard InChI is InChI=1S/C17H14O3/c1-11-9-12(19-2)7-8-13(11)17(18)15-10-20-16-6-4-3-5-14(15)16/h3-10H,1-2H3. The molecule has 1 heterocycles. The smallest absolute Gasteiger partial charge is 0.197 e. The van der Waals surface area contributed by atoms with Crippen LogP contribution in [0.5, 0.6) is 5.75 Å². The first kappa shape index (κ1) is 12.5. The molecule has 2 aromatic carbocycles. The molecule has 0 saturated heterocycles. The Bertz CT molecular complexity index is 784. The number of aryl methyl sites for hydroxylation is 1. The molecule has 0 atom stereocenters. The summed E-state index contributed by atoms with van der Waals surface area (Å²) >= 11 is 0. The van der Waals surface area contributed by atoms with Crippen LogP contribution < -0.4 is 4.74 Å². The van der Waals surface area contributed by atoms with Crippen LogP contribution in [0.25, 0.3) is 11.0 Å². The van der Waals surface area contributed by atoms with E-state index in [0.29, 0.717) is 11.1 Å². The normalized spacial score (nSPS) is 10.7. The van der Waals surface area contributed by atoms with Gasteiger partial charge in [-0.1, -0.05) is 18.2 Å². The highest BCUT2D eigenvalue weighted by Crippen LogP contribution is 2.25. The molecule has 0 unspecified atom stereocenters. The van der Waals surface area contributed by atoms with Crippen LogP contribution in [0, 0.1) is 6.92 Å². The Morgan fingerprint density at radius 2 is 1.90 bits per heavy atom. The first-order chi connectivity index (χ1) is 9.70. The van der Waals surface area contributed by atoms with Crippen molar-refractivity contribution in [1.82, 2.24) is 0 Å². The monoisotopic (exact) mass is 266 g/mol. The van der Waals surface area contributed by atoms with E-state index in [2.05, 4.69) is 0 Å². The molecule has 0 aliphatic heterocycles. The number of hydrogen-bond donors (Lipinski definition) is 0. The van der Waals surface area contributed by atoms with Crippen LogP contribution >= 0.6 is 0 Å². The van der Waals surface area contributed by atoms with E-state index in [0.717, 1.165) is 22.3 Å². The second-order valence-corrected chi connectivity index (χ2v) is 4.66. The van der Waals surface area contributed by atoms with Crippen LogP contribution in [0.2, 0.25) is 0 Å². The fraction of sp³-hybridized carbons (Fsp3) is 0.118. The summed E-state index contributed by atoms with van der Waals surface area (Å²) in [5, 5.41) is 0.840. The highest BCUT2D eigenvalue weighted by Gasteiger charge is 2.17. The highest BCUT2D eigenvalue weighted by atomic mass is 16.5. The number of carbonyl (C=O) groups excluding carboxylic acids is 1. The van der Waals surface area contributed by atoms with Crippen LogP contribution in [-0.2, 0) is 0 Å².